The second-order valence-electron chi connectivity index (χ2n) is 7.35. The van der Waals surface area contributed by atoms with E-state index < -0.39 is 0 Å². The molecule has 1 atom stereocenters. The van der Waals surface area contributed by atoms with Gasteiger partial charge in [0.25, 0.3) is 5.71 Å². The molecule has 4 rings (SSSR count). The number of aryl methyl sites for hydroxylation is 2. The highest BCUT2D eigenvalue weighted by Gasteiger charge is 2.29. The summed E-state index contributed by atoms with van der Waals surface area (Å²) in [6, 6.07) is 6.48. The Labute approximate surface area is 168 Å². The Morgan fingerprint density at radius 2 is 2.17 bits per heavy atom. The molecule has 0 spiro atoms. The van der Waals surface area contributed by atoms with E-state index >= 15 is 0 Å². The van der Waals surface area contributed by atoms with Crippen LogP contribution >= 0.6 is 0 Å². The molecule has 29 heavy (non-hydrogen) atoms. The molecule has 3 aromatic rings. The number of nitrogens with one attached hydrogen (secondary N) is 1. The number of amides is 1. The average Bonchev–Trinajstić information content (AvgIpc) is 3.15. The number of hydrogen-bond donors (Lipinski definition) is 1. The van der Waals surface area contributed by atoms with Gasteiger partial charge in [-0.05, 0) is 32.3 Å². The Morgan fingerprint density at radius 1 is 1.34 bits per heavy atom. The molecule has 0 unspecified atom stereocenters. The van der Waals surface area contributed by atoms with Crippen molar-refractivity contribution in [1.29, 1.82) is 0 Å². The molecule has 1 aromatic carbocycles. The Morgan fingerprint density at radius 3 is 2.97 bits per heavy atom. The van der Waals surface area contributed by atoms with Crippen LogP contribution in [-0.4, -0.2) is 34.1 Å². The summed E-state index contributed by atoms with van der Waals surface area (Å²) in [6.07, 6.45) is 2.37. The zero-order valence-corrected chi connectivity index (χ0v) is 16.6. The number of hydrogen-bond acceptors (Lipinski definition) is 6. The fourth-order valence-electron chi connectivity index (χ4n) is 3.82. The smallest absolute Gasteiger partial charge is 0.263 e. The number of aromatic nitrogens is 3. The summed E-state index contributed by atoms with van der Waals surface area (Å²) < 4.78 is 19.2. The van der Waals surface area contributed by atoms with Crippen molar-refractivity contribution in [2.24, 2.45) is 5.92 Å². The maximum absolute atomic E-state index is 13.8. The van der Waals surface area contributed by atoms with Crippen LogP contribution in [0.3, 0.4) is 0 Å². The van der Waals surface area contributed by atoms with Crippen molar-refractivity contribution in [3.05, 3.63) is 47.2 Å². The van der Waals surface area contributed by atoms with Crippen molar-refractivity contribution < 1.29 is 13.7 Å². The first-order chi connectivity index (χ1) is 14.1. The van der Waals surface area contributed by atoms with E-state index in [-0.39, 0.29) is 24.2 Å². The molecule has 1 fully saturated rings. The minimum Gasteiger partial charge on any atom is -0.355 e. The Kier molecular flexibility index (Phi) is 5.42. The molecule has 1 saturated heterocycles. The monoisotopic (exact) mass is 397 g/mol. The quantitative estimate of drug-likeness (QED) is 0.712. The lowest BCUT2D eigenvalue weighted by Gasteiger charge is -2.33. The maximum Gasteiger partial charge on any atom is 0.263 e. The van der Waals surface area contributed by atoms with Gasteiger partial charge in [0.2, 0.25) is 5.91 Å². The zero-order valence-electron chi connectivity index (χ0n) is 16.6. The van der Waals surface area contributed by atoms with Gasteiger partial charge in [-0.3, -0.25) is 4.79 Å². The number of halogens is 1. The van der Waals surface area contributed by atoms with Crippen molar-refractivity contribution >= 4 is 22.8 Å². The summed E-state index contributed by atoms with van der Waals surface area (Å²) in [7, 11) is 0. The minimum atomic E-state index is -0.309. The van der Waals surface area contributed by atoms with Crippen LogP contribution in [0.1, 0.15) is 36.8 Å². The molecule has 152 valence electrons. The first-order valence-electron chi connectivity index (χ1n) is 9.95. The molecule has 8 heteroatoms. The van der Waals surface area contributed by atoms with Crippen LogP contribution in [0.4, 0.5) is 10.2 Å². The van der Waals surface area contributed by atoms with Crippen LogP contribution in [0.15, 0.2) is 28.8 Å². The molecule has 2 aromatic heterocycles. The standard InChI is InChI=1S/C21H24FN5O2/c1-3-17-18-19(24-13(2)25-21(18)29-26-17)27-10-6-8-15(12-27)20(28)23-11-14-7-4-5-9-16(14)22/h4-5,7,9,15H,3,6,8,10-12H2,1-2H3,(H,23,28)/t15-/m0/s1. The molecule has 0 radical (unpaired) electrons. The van der Waals surface area contributed by atoms with Gasteiger partial charge in [-0.15, -0.1) is 0 Å². The van der Waals surface area contributed by atoms with Crippen LogP contribution in [0, 0.1) is 18.7 Å². The second kappa shape index (κ2) is 8.14. The van der Waals surface area contributed by atoms with E-state index in [9.17, 15) is 9.18 Å². The van der Waals surface area contributed by atoms with E-state index in [4.69, 9.17) is 4.52 Å². The van der Waals surface area contributed by atoms with Crippen molar-refractivity contribution in [1.82, 2.24) is 20.4 Å². The van der Waals surface area contributed by atoms with Crippen LogP contribution in [0.25, 0.3) is 11.1 Å². The summed E-state index contributed by atoms with van der Waals surface area (Å²) in [5.41, 5.74) is 1.79. The largest absolute Gasteiger partial charge is 0.355 e. The van der Waals surface area contributed by atoms with Crippen molar-refractivity contribution in [3.63, 3.8) is 0 Å². The highest BCUT2D eigenvalue weighted by atomic mass is 19.1. The number of carbonyl (C=O) groups excluding carboxylic acids is 1. The van der Waals surface area contributed by atoms with Gasteiger partial charge in [-0.25, -0.2) is 9.37 Å². The predicted octanol–water partition coefficient (Wildman–Crippen LogP) is 3.16. The van der Waals surface area contributed by atoms with Gasteiger partial charge in [-0.1, -0.05) is 30.3 Å². The lowest BCUT2D eigenvalue weighted by molar-refractivity contribution is -0.125. The van der Waals surface area contributed by atoms with Crippen molar-refractivity contribution in [2.45, 2.75) is 39.7 Å². The van der Waals surface area contributed by atoms with Gasteiger partial charge in [-0.2, -0.15) is 4.98 Å². The highest BCUT2D eigenvalue weighted by molar-refractivity contribution is 5.89. The summed E-state index contributed by atoms with van der Waals surface area (Å²) in [5.74, 6) is 0.818. The summed E-state index contributed by atoms with van der Waals surface area (Å²) in [5, 5.41) is 7.82. The summed E-state index contributed by atoms with van der Waals surface area (Å²) in [4.78, 5) is 23.8. The molecule has 0 aliphatic carbocycles. The van der Waals surface area contributed by atoms with E-state index in [1.54, 1.807) is 18.2 Å². The van der Waals surface area contributed by atoms with E-state index in [1.807, 2.05) is 13.8 Å². The Balaban J connectivity index is 1.51. The van der Waals surface area contributed by atoms with Gasteiger partial charge in [0, 0.05) is 25.2 Å². The summed E-state index contributed by atoms with van der Waals surface area (Å²) >= 11 is 0. The second-order valence-corrected chi connectivity index (χ2v) is 7.35. The number of benzene rings is 1. The Hall–Kier alpha value is -3.03. The first-order valence-corrected chi connectivity index (χ1v) is 9.95. The number of fused-ring (bicyclic) bond motifs is 1. The minimum absolute atomic E-state index is 0.0685. The molecule has 1 N–H and O–H groups in total. The van der Waals surface area contributed by atoms with Gasteiger partial charge in [0.05, 0.1) is 11.6 Å². The van der Waals surface area contributed by atoms with Crippen molar-refractivity contribution in [2.75, 3.05) is 18.0 Å². The first kappa shape index (κ1) is 19.3. The zero-order chi connectivity index (χ0) is 20.4. The third kappa shape index (κ3) is 3.92. The highest BCUT2D eigenvalue weighted by Crippen LogP contribution is 2.31. The predicted molar refractivity (Wildman–Crippen MR) is 107 cm³/mol. The molecule has 7 nitrogen and oxygen atoms in total. The van der Waals surface area contributed by atoms with Crippen LogP contribution < -0.4 is 10.2 Å². The fraction of sp³-hybridized carbons (Fsp3) is 0.429. The fourth-order valence-corrected chi connectivity index (χ4v) is 3.82. The molecular formula is C21H24FN5O2. The third-order valence-corrected chi connectivity index (χ3v) is 5.34. The number of carbonyl (C=O) groups is 1. The molecule has 1 aliphatic heterocycles. The molecule has 1 aliphatic rings. The lowest BCUT2D eigenvalue weighted by Crippen LogP contribution is -2.43. The SMILES string of the molecule is CCc1noc2nc(C)nc(N3CCC[C@H](C(=O)NCc4ccccc4F)C3)c12. The lowest BCUT2D eigenvalue weighted by atomic mass is 9.96. The van der Waals surface area contributed by atoms with Crippen LogP contribution in [0.5, 0.6) is 0 Å². The molecule has 0 saturated carbocycles. The number of piperidine rings is 1. The molecule has 1 amide bonds. The van der Waals surface area contributed by atoms with Crippen LogP contribution in [0.2, 0.25) is 0 Å². The van der Waals surface area contributed by atoms with E-state index in [2.05, 4.69) is 25.3 Å². The molecule has 3 heterocycles. The van der Waals surface area contributed by atoms with E-state index in [1.165, 1.54) is 6.07 Å². The van der Waals surface area contributed by atoms with Gasteiger partial charge in [0.1, 0.15) is 22.8 Å². The maximum atomic E-state index is 13.8. The van der Waals surface area contributed by atoms with Gasteiger partial charge >= 0.3 is 0 Å². The molecule has 0 bridgehead atoms. The normalized spacial score (nSPS) is 16.9. The topological polar surface area (TPSA) is 84.2 Å². The van der Waals surface area contributed by atoms with E-state index in [0.29, 0.717) is 30.1 Å². The average molecular weight is 397 g/mol. The van der Waals surface area contributed by atoms with Crippen LogP contribution in [-0.2, 0) is 17.8 Å². The van der Waals surface area contributed by atoms with Gasteiger partial charge < -0.3 is 14.7 Å². The summed E-state index contributed by atoms with van der Waals surface area (Å²) in [6.45, 7) is 5.36. The van der Waals surface area contributed by atoms with Crippen molar-refractivity contribution in [3.8, 4) is 0 Å². The van der Waals surface area contributed by atoms with E-state index in [0.717, 1.165) is 36.3 Å². The van der Waals surface area contributed by atoms with Gasteiger partial charge in [0.15, 0.2) is 0 Å². The molecular weight excluding hydrogens is 373 g/mol. The third-order valence-electron chi connectivity index (χ3n) is 5.34. The Bertz CT molecular complexity index is 1040. The number of rotatable bonds is 5. The number of anilines is 1. The number of nitrogens with zero attached hydrogens (tertiary/aromatic N) is 4.